The van der Waals surface area contributed by atoms with Crippen LogP contribution in [0.2, 0.25) is 0 Å². The second-order valence-corrected chi connectivity index (χ2v) is 6.81. The Bertz CT molecular complexity index is 326. The van der Waals surface area contributed by atoms with Crippen LogP contribution in [-0.4, -0.2) is 40.3 Å². The van der Waals surface area contributed by atoms with Crippen LogP contribution < -0.4 is 0 Å². The minimum atomic E-state index is -0.878. The van der Waals surface area contributed by atoms with Crippen molar-refractivity contribution in [1.82, 2.24) is 4.90 Å². The molecule has 0 rings (SSSR count). The third-order valence-electron chi connectivity index (χ3n) is 3.79. The monoisotopic (exact) mass is 301 g/mol. The molecule has 0 atom stereocenters. The quantitative estimate of drug-likeness (QED) is 0.564. The number of nitrogens with zero attached hydrogens (tertiary/aromatic N) is 1. The Hall–Kier alpha value is -1.26. The molecule has 5 nitrogen and oxygen atoms in total. The summed E-state index contributed by atoms with van der Waals surface area (Å²) in [5.74, 6) is -0.146. The molecule has 2 N–H and O–H groups in total. The highest BCUT2D eigenvalue weighted by molar-refractivity contribution is 5.73. The number of carbonyl (C=O) groups is 2. The summed E-state index contributed by atoms with van der Waals surface area (Å²) in [6.45, 7) is 8.81. The van der Waals surface area contributed by atoms with E-state index in [4.69, 9.17) is 10.2 Å². The lowest BCUT2D eigenvalue weighted by Crippen LogP contribution is -2.32. The first-order chi connectivity index (χ1) is 9.66. The van der Waals surface area contributed by atoms with E-state index in [0.717, 1.165) is 25.7 Å². The highest BCUT2D eigenvalue weighted by Gasteiger charge is 2.26. The fourth-order valence-electron chi connectivity index (χ4n) is 2.13. The van der Waals surface area contributed by atoms with E-state index < -0.39 is 17.5 Å². The number of aliphatic carboxylic acids is 1. The van der Waals surface area contributed by atoms with E-state index in [1.165, 1.54) is 4.90 Å². The van der Waals surface area contributed by atoms with Gasteiger partial charge in [0.2, 0.25) is 0 Å². The zero-order valence-corrected chi connectivity index (χ0v) is 13.9. The predicted octanol–water partition coefficient (Wildman–Crippen LogP) is 4.07. The maximum absolute atomic E-state index is 11.2. The summed E-state index contributed by atoms with van der Waals surface area (Å²) in [6, 6.07) is 0. The largest absolute Gasteiger partial charge is 0.481 e. The lowest BCUT2D eigenvalue weighted by Gasteiger charge is -2.21. The van der Waals surface area contributed by atoms with Crippen molar-refractivity contribution in [1.29, 1.82) is 0 Å². The Balaban J connectivity index is 3.95. The standard InChI is InChI=1S/C16H31NO4/c1-13(2)9-5-7-11-17(15(20)21)12-8-6-10-16(3,4)14(18)19/h13H,5-12H2,1-4H3,(H,18,19)(H,20,21). The number of amides is 1. The van der Waals surface area contributed by atoms with Crippen molar-refractivity contribution in [2.24, 2.45) is 11.3 Å². The molecular weight excluding hydrogens is 270 g/mol. The molecule has 0 unspecified atom stereocenters. The summed E-state index contributed by atoms with van der Waals surface area (Å²) >= 11 is 0. The highest BCUT2D eigenvalue weighted by atomic mass is 16.4. The van der Waals surface area contributed by atoms with Gasteiger partial charge in [0, 0.05) is 13.1 Å². The van der Waals surface area contributed by atoms with Gasteiger partial charge in [0.1, 0.15) is 0 Å². The van der Waals surface area contributed by atoms with Crippen molar-refractivity contribution in [3.63, 3.8) is 0 Å². The molecule has 0 saturated heterocycles. The Morgan fingerprint density at radius 3 is 1.95 bits per heavy atom. The average molecular weight is 301 g/mol. The fraction of sp³-hybridized carbons (Fsp3) is 0.875. The van der Waals surface area contributed by atoms with Gasteiger partial charge in [0.05, 0.1) is 5.41 Å². The maximum Gasteiger partial charge on any atom is 0.407 e. The molecule has 0 aliphatic heterocycles. The summed E-state index contributed by atoms with van der Waals surface area (Å²) in [7, 11) is 0. The van der Waals surface area contributed by atoms with Crippen LogP contribution in [0, 0.1) is 11.3 Å². The lowest BCUT2D eigenvalue weighted by atomic mass is 9.87. The molecule has 5 heteroatoms. The number of hydrogen-bond donors (Lipinski definition) is 2. The summed E-state index contributed by atoms with van der Waals surface area (Å²) in [5, 5.41) is 18.2. The van der Waals surface area contributed by atoms with Gasteiger partial charge in [-0.15, -0.1) is 0 Å². The molecule has 0 bridgehead atoms. The molecule has 0 saturated carbocycles. The van der Waals surface area contributed by atoms with Gasteiger partial charge < -0.3 is 15.1 Å². The van der Waals surface area contributed by atoms with Crippen LogP contribution in [0.5, 0.6) is 0 Å². The molecule has 0 aliphatic rings. The van der Waals surface area contributed by atoms with Crippen LogP contribution in [0.3, 0.4) is 0 Å². The summed E-state index contributed by atoms with van der Waals surface area (Å²) in [5.41, 5.74) is -0.731. The van der Waals surface area contributed by atoms with E-state index in [9.17, 15) is 9.59 Å². The first-order valence-corrected chi connectivity index (χ1v) is 7.88. The van der Waals surface area contributed by atoms with E-state index in [-0.39, 0.29) is 0 Å². The van der Waals surface area contributed by atoms with Crippen molar-refractivity contribution in [2.45, 2.75) is 66.2 Å². The molecule has 0 fully saturated rings. The van der Waals surface area contributed by atoms with Crippen LogP contribution in [0.25, 0.3) is 0 Å². The third kappa shape index (κ3) is 9.32. The number of carboxylic acids is 1. The van der Waals surface area contributed by atoms with Crippen molar-refractivity contribution >= 4 is 12.1 Å². The lowest BCUT2D eigenvalue weighted by molar-refractivity contribution is -0.147. The third-order valence-corrected chi connectivity index (χ3v) is 3.79. The molecule has 0 aromatic heterocycles. The molecule has 0 spiro atoms. The van der Waals surface area contributed by atoms with Crippen LogP contribution in [-0.2, 0) is 4.79 Å². The smallest absolute Gasteiger partial charge is 0.407 e. The van der Waals surface area contributed by atoms with Gasteiger partial charge in [-0.2, -0.15) is 0 Å². The van der Waals surface area contributed by atoms with Crippen LogP contribution in [0.15, 0.2) is 0 Å². The highest BCUT2D eigenvalue weighted by Crippen LogP contribution is 2.23. The van der Waals surface area contributed by atoms with E-state index in [1.807, 2.05) is 0 Å². The first kappa shape index (κ1) is 19.7. The molecule has 0 aliphatic carbocycles. The van der Waals surface area contributed by atoms with Crippen molar-refractivity contribution < 1.29 is 19.8 Å². The van der Waals surface area contributed by atoms with Gasteiger partial charge in [-0.1, -0.05) is 33.1 Å². The minimum absolute atomic E-state index is 0.493. The Morgan fingerprint density at radius 1 is 1.00 bits per heavy atom. The van der Waals surface area contributed by atoms with Gasteiger partial charge in [-0.05, 0) is 39.0 Å². The zero-order valence-electron chi connectivity index (χ0n) is 13.9. The van der Waals surface area contributed by atoms with Crippen LogP contribution >= 0.6 is 0 Å². The fourth-order valence-corrected chi connectivity index (χ4v) is 2.13. The predicted molar refractivity (Wildman–Crippen MR) is 83.6 cm³/mol. The molecule has 1 amide bonds. The van der Waals surface area contributed by atoms with Crippen molar-refractivity contribution in [3.05, 3.63) is 0 Å². The molecule has 0 aromatic rings. The molecule has 124 valence electrons. The SMILES string of the molecule is CC(C)CCCCN(CCCCC(C)(C)C(=O)O)C(=O)O. The van der Waals surface area contributed by atoms with E-state index in [0.29, 0.717) is 31.8 Å². The van der Waals surface area contributed by atoms with E-state index in [2.05, 4.69) is 13.8 Å². The van der Waals surface area contributed by atoms with Gasteiger partial charge in [0.15, 0.2) is 0 Å². The normalized spacial score (nSPS) is 11.7. The summed E-state index contributed by atoms with van der Waals surface area (Å²) in [6.07, 6.45) is 4.21. The van der Waals surface area contributed by atoms with Gasteiger partial charge in [-0.3, -0.25) is 4.79 Å². The van der Waals surface area contributed by atoms with E-state index >= 15 is 0 Å². The Kier molecular flexibility index (Phi) is 9.06. The second kappa shape index (κ2) is 9.64. The molecule has 0 aromatic carbocycles. The second-order valence-electron chi connectivity index (χ2n) is 6.81. The number of unbranched alkanes of at least 4 members (excludes halogenated alkanes) is 2. The topological polar surface area (TPSA) is 77.8 Å². The van der Waals surface area contributed by atoms with Gasteiger partial charge >= 0.3 is 12.1 Å². The molecule has 21 heavy (non-hydrogen) atoms. The van der Waals surface area contributed by atoms with Gasteiger partial charge in [-0.25, -0.2) is 4.79 Å². The number of hydrogen-bond acceptors (Lipinski definition) is 2. The van der Waals surface area contributed by atoms with Crippen molar-refractivity contribution in [2.75, 3.05) is 13.1 Å². The van der Waals surface area contributed by atoms with Crippen LogP contribution in [0.4, 0.5) is 4.79 Å². The van der Waals surface area contributed by atoms with Crippen molar-refractivity contribution in [3.8, 4) is 0 Å². The Morgan fingerprint density at radius 2 is 1.52 bits per heavy atom. The summed E-state index contributed by atoms with van der Waals surface area (Å²) in [4.78, 5) is 23.6. The number of carboxylic acid groups (broad SMARTS) is 2. The zero-order chi connectivity index (χ0) is 16.5. The van der Waals surface area contributed by atoms with Gasteiger partial charge in [0.25, 0.3) is 0 Å². The molecule has 0 radical (unpaired) electrons. The first-order valence-electron chi connectivity index (χ1n) is 7.88. The average Bonchev–Trinajstić information content (AvgIpc) is 2.35. The molecule has 0 heterocycles. The maximum atomic E-state index is 11.2. The Labute approximate surface area is 128 Å². The van der Waals surface area contributed by atoms with E-state index in [1.54, 1.807) is 13.8 Å². The summed E-state index contributed by atoms with van der Waals surface area (Å²) < 4.78 is 0. The number of rotatable bonds is 11. The minimum Gasteiger partial charge on any atom is -0.481 e. The van der Waals surface area contributed by atoms with Crippen LogP contribution in [0.1, 0.15) is 66.2 Å². The molecular formula is C16H31NO4.